The molecule has 2 amide bonds. The molecular weight excluding hydrogens is 464 g/mol. The van der Waals surface area contributed by atoms with Crippen molar-refractivity contribution in [2.75, 3.05) is 11.6 Å². The lowest BCUT2D eigenvalue weighted by atomic mass is 9.92. The number of rotatable bonds is 7. The van der Waals surface area contributed by atoms with Crippen molar-refractivity contribution in [3.05, 3.63) is 77.1 Å². The van der Waals surface area contributed by atoms with Crippen LogP contribution in [0.1, 0.15) is 37.7 Å². The molecule has 3 rings (SSSR count). The third-order valence-electron chi connectivity index (χ3n) is 4.87. The number of hydrogen-bond donors (Lipinski definition) is 3. The monoisotopic (exact) mass is 491 g/mol. The summed E-state index contributed by atoms with van der Waals surface area (Å²) in [5, 5.41) is 9.83. The number of aromatic nitrogens is 2. The van der Waals surface area contributed by atoms with Crippen molar-refractivity contribution in [3.63, 3.8) is 0 Å². The molecule has 34 heavy (non-hydrogen) atoms. The van der Waals surface area contributed by atoms with Crippen LogP contribution in [0.2, 0.25) is 0 Å². The van der Waals surface area contributed by atoms with E-state index in [9.17, 15) is 22.0 Å². The molecular formula is C23H27F2N5O3S. The van der Waals surface area contributed by atoms with Gasteiger partial charge in [0.2, 0.25) is 10.0 Å². The van der Waals surface area contributed by atoms with Gasteiger partial charge in [0.25, 0.3) is 0 Å². The fourth-order valence-electron chi connectivity index (χ4n) is 3.07. The molecule has 0 spiro atoms. The highest BCUT2D eigenvalue weighted by atomic mass is 32.2. The van der Waals surface area contributed by atoms with Crippen LogP contribution in [0.4, 0.5) is 19.3 Å². The second-order valence-corrected chi connectivity index (χ2v) is 10.7. The van der Waals surface area contributed by atoms with E-state index in [-0.39, 0.29) is 29.8 Å². The summed E-state index contributed by atoms with van der Waals surface area (Å²) in [4.78, 5) is 12.4. The molecule has 0 radical (unpaired) electrons. The summed E-state index contributed by atoms with van der Waals surface area (Å²) in [6, 6.07) is 11.2. The summed E-state index contributed by atoms with van der Waals surface area (Å²) >= 11 is 0. The quantitative estimate of drug-likeness (QED) is 0.467. The Balaban J connectivity index is 1.71. The van der Waals surface area contributed by atoms with Crippen molar-refractivity contribution in [3.8, 4) is 5.69 Å². The first-order valence-electron chi connectivity index (χ1n) is 10.4. The molecule has 1 heterocycles. The number of nitrogens with one attached hydrogen (secondary N) is 3. The van der Waals surface area contributed by atoms with E-state index in [0.717, 1.165) is 18.0 Å². The maximum Gasteiger partial charge on any atom is 0.319 e. The van der Waals surface area contributed by atoms with Crippen molar-refractivity contribution in [1.29, 1.82) is 0 Å². The number of hydrogen-bond acceptors (Lipinski definition) is 4. The fourth-order valence-corrected chi connectivity index (χ4v) is 3.48. The molecule has 8 nitrogen and oxygen atoms in total. The number of amides is 2. The van der Waals surface area contributed by atoms with Gasteiger partial charge in [-0.15, -0.1) is 0 Å². The van der Waals surface area contributed by atoms with E-state index >= 15 is 0 Å². The minimum Gasteiger partial charge on any atom is -0.332 e. The first-order valence-corrected chi connectivity index (χ1v) is 12.3. The number of carbonyl (C=O) groups excluding carboxylic acids is 1. The Hall–Kier alpha value is -3.31. The van der Waals surface area contributed by atoms with Gasteiger partial charge in [-0.1, -0.05) is 32.9 Å². The molecule has 3 aromatic rings. The molecule has 0 fully saturated rings. The maximum atomic E-state index is 14.3. The van der Waals surface area contributed by atoms with Crippen LogP contribution in [0.5, 0.6) is 0 Å². The van der Waals surface area contributed by atoms with E-state index < -0.39 is 27.7 Å². The first-order chi connectivity index (χ1) is 15.8. The van der Waals surface area contributed by atoms with Gasteiger partial charge in [0.1, 0.15) is 11.6 Å². The maximum absolute atomic E-state index is 14.3. The number of sulfonamides is 1. The van der Waals surface area contributed by atoms with Gasteiger partial charge < -0.3 is 10.6 Å². The van der Waals surface area contributed by atoms with Gasteiger partial charge in [-0.05, 0) is 36.4 Å². The van der Waals surface area contributed by atoms with Crippen molar-refractivity contribution in [2.45, 2.75) is 39.3 Å². The predicted octanol–water partition coefficient (Wildman–Crippen LogP) is 3.82. The number of nitrogens with zero attached hydrogens (tertiary/aromatic N) is 2. The minimum atomic E-state index is -3.46. The highest BCUT2D eigenvalue weighted by Crippen LogP contribution is 2.24. The molecule has 0 aliphatic heterocycles. The average molecular weight is 492 g/mol. The number of benzene rings is 2. The van der Waals surface area contributed by atoms with Gasteiger partial charge in [-0.3, -0.25) is 0 Å². The molecule has 182 valence electrons. The molecule has 3 N–H and O–H groups in total. The minimum absolute atomic E-state index is 0.0876. The van der Waals surface area contributed by atoms with Crippen molar-refractivity contribution in [1.82, 2.24) is 19.8 Å². The molecule has 0 saturated carbocycles. The lowest BCUT2D eigenvalue weighted by Gasteiger charge is -2.14. The molecule has 0 unspecified atom stereocenters. The Labute approximate surface area is 197 Å². The first kappa shape index (κ1) is 25.3. The third-order valence-corrected chi connectivity index (χ3v) is 5.54. The zero-order valence-corrected chi connectivity index (χ0v) is 20.1. The Morgan fingerprint density at radius 3 is 2.41 bits per heavy atom. The Bertz CT molecular complexity index is 1300. The summed E-state index contributed by atoms with van der Waals surface area (Å²) in [6.45, 7) is 5.89. The highest BCUT2D eigenvalue weighted by Gasteiger charge is 2.21. The van der Waals surface area contributed by atoms with Gasteiger partial charge in [-0.25, -0.2) is 31.4 Å². The van der Waals surface area contributed by atoms with Crippen molar-refractivity contribution < 1.29 is 22.0 Å². The summed E-state index contributed by atoms with van der Waals surface area (Å²) < 4.78 is 54.2. The van der Waals surface area contributed by atoms with Gasteiger partial charge in [0, 0.05) is 23.2 Å². The van der Waals surface area contributed by atoms with Crippen LogP contribution in [-0.4, -0.2) is 30.5 Å². The summed E-state index contributed by atoms with van der Waals surface area (Å²) in [6.07, 6.45) is 0.982. The average Bonchev–Trinajstić information content (AvgIpc) is 3.16. The van der Waals surface area contributed by atoms with Crippen LogP contribution in [0.25, 0.3) is 5.69 Å². The Morgan fingerprint density at radius 2 is 1.79 bits per heavy atom. The van der Waals surface area contributed by atoms with Crippen LogP contribution in [0.15, 0.2) is 48.5 Å². The number of carbonyl (C=O) groups is 1. The number of halogens is 2. The third kappa shape index (κ3) is 6.84. The molecule has 1 aromatic heterocycles. The van der Waals surface area contributed by atoms with Crippen LogP contribution in [-0.2, 0) is 28.5 Å². The summed E-state index contributed by atoms with van der Waals surface area (Å²) in [5.41, 5.74) is 2.01. The fraction of sp³-hybridized carbons (Fsp3) is 0.304. The lowest BCUT2D eigenvalue weighted by molar-refractivity contribution is 0.251. The van der Waals surface area contributed by atoms with E-state index in [2.05, 4.69) is 20.5 Å². The van der Waals surface area contributed by atoms with E-state index in [1.165, 1.54) is 24.3 Å². The smallest absolute Gasteiger partial charge is 0.319 e. The molecule has 2 aromatic carbocycles. The van der Waals surface area contributed by atoms with Crippen LogP contribution >= 0.6 is 0 Å². The second-order valence-electron chi connectivity index (χ2n) is 8.87. The largest absolute Gasteiger partial charge is 0.332 e. The summed E-state index contributed by atoms with van der Waals surface area (Å²) in [5.74, 6) is -1.06. The Morgan fingerprint density at radius 1 is 1.06 bits per heavy atom. The molecule has 0 aliphatic carbocycles. The van der Waals surface area contributed by atoms with Crippen molar-refractivity contribution >= 4 is 21.7 Å². The molecule has 11 heteroatoms. The topological polar surface area (TPSA) is 105 Å². The zero-order chi connectivity index (χ0) is 25.1. The van der Waals surface area contributed by atoms with Gasteiger partial charge in [0.15, 0.2) is 0 Å². The van der Waals surface area contributed by atoms with E-state index in [4.69, 9.17) is 0 Å². The Kier molecular flexibility index (Phi) is 7.37. The van der Waals surface area contributed by atoms with Crippen LogP contribution in [0.3, 0.4) is 0 Å². The van der Waals surface area contributed by atoms with E-state index in [1.54, 1.807) is 16.8 Å². The zero-order valence-electron chi connectivity index (χ0n) is 19.3. The SMILES string of the molecule is CC(C)(C)c1cc(CNC(=O)Nc2ccc(CNS(C)(=O)=O)c(F)c2)n(-c2cccc(F)c2)n1. The standard InChI is InChI=1S/C23H27F2N5O3S/c1-23(2,3)21-12-19(30(29-21)18-7-5-6-16(24)10-18)14-26-22(31)28-17-9-8-15(20(25)11-17)13-27-34(4,32)33/h5-12,27H,13-14H2,1-4H3,(H2,26,28,31). The summed E-state index contributed by atoms with van der Waals surface area (Å²) in [7, 11) is -3.46. The van der Waals surface area contributed by atoms with E-state index in [1.807, 2.05) is 26.8 Å². The molecule has 0 atom stereocenters. The lowest BCUT2D eigenvalue weighted by Crippen LogP contribution is -2.29. The van der Waals surface area contributed by atoms with Crippen molar-refractivity contribution in [2.24, 2.45) is 0 Å². The predicted molar refractivity (Wildman–Crippen MR) is 126 cm³/mol. The molecule has 0 aliphatic rings. The van der Waals surface area contributed by atoms with E-state index in [0.29, 0.717) is 11.4 Å². The van der Waals surface area contributed by atoms with Crippen LogP contribution in [0, 0.1) is 11.6 Å². The molecule has 0 bridgehead atoms. The number of anilines is 1. The molecule has 0 saturated heterocycles. The van der Waals surface area contributed by atoms with Gasteiger partial charge in [-0.2, -0.15) is 5.10 Å². The van der Waals surface area contributed by atoms with Gasteiger partial charge >= 0.3 is 6.03 Å². The highest BCUT2D eigenvalue weighted by molar-refractivity contribution is 7.88. The second kappa shape index (κ2) is 9.90. The van der Waals surface area contributed by atoms with Crippen LogP contribution < -0.4 is 15.4 Å². The normalized spacial score (nSPS) is 11.9. The van der Waals surface area contributed by atoms with Gasteiger partial charge in [0.05, 0.1) is 29.9 Å². The number of urea groups is 1.